The SMILES string of the molecule is COCCCC1(C)CCOCC1. The average molecular weight is 172 g/mol. The van der Waals surface area contributed by atoms with Crippen LogP contribution in [0.1, 0.15) is 32.6 Å². The third-order valence-corrected chi connectivity index (χ3v) is 2.83. The van der Waals surface area contributed by atoms with E-state index in [1.165, 1.54) is 25.7 Å². The predicted octanol–water partition coefficient (Wildman–Crippen LogP) is 2.23. The molecule has 0 aromatic rings. The molecule has 1 saturated heterocycles. The predicted molar refractivity (Wildman–Crippen MR) is 49.3 cm³/mol. The van der Waals surface area contributed by atoms with Gasteiger partial charge in [0.2, 0.25) is 0 Å². The zero-order valence-electron chi connectivity index (χ0n) is 8.27. The summed E-state index contributed by atoms with van der Waals surface area (Å²) in [5, 5.41) is 0. The highest BCUT2D eigenvalue weighted by Gasteiger charge is 2.26. The molecule has 0 saturated carbocycles. The molecule has 12 heavy (non-hydrogen) atoms. The van der Waals surface area contributed by atoms with E-state index in [-0.39, 0.29) is 0 Å². The topological polar surface area (TPSA) is 18.5 Å². The van der Waals surface area contributed by atoms with Gasteiger partial charge in [-0.1, -0.05) is 6.92 Å². The average Bonchev–Trinajstić information content (AvgIpc) is 2.06. The van der Waals surface area contributed by atoms with Crippen molar-refractivity contribution >= 4 is 0 Å². The van der Waals surface area contributed by atoms with Gasteiger partial charge in [0.15, 0.2) is 0 Å². The summed E-state index contributed by atoms with van der Waals surface area (Å²) in [6.45, 7) is 5.16. The molecule has 0 N–H and O–H groups in total. The van der Waals surface area contributed by atoms with Gasteiger partial charge in [-0.3, -0.25) is 0 Å². The quantitative estimate of drug-likeness (QED) is 0.605. The van der Waals surface area contributed by atoms with E-state index < -0.39 is 0 Å². The van der Waals surface area contributed by atoms with Crippen molar-refractivity contribution in [1.82, 2.24) is 0 Å². The Kier molecular flexibility index (Phi) is 4.02. The molecule has 0 bridgehead atoms. The second kappa shape index (κ2) is 4.83. The number of rotatable bonds is 4. The summed E-state index contributed by atoms with van der Waals surface area (Å²) < 4.78 is 10.4. The molecule has 1 heterocycles. The zero-order chi connectivity index (χ0) is 8.86. The first kappa shape index (κ1) is 10.0. The fourth-order valence-electron chi connectivity index (χ4n) is 1.76. The molecular weight excluding hydrogens is 152 g/mol. The number of hydrogen-bond acceptors (Lipinski definition) is 2. The molecule has 0 aliphatic carbocycles. The van der Waals surface area contributed by atoms with Crippen LogP contribution in [0, 0.1) is 5.41 Å². The van der Waals surface area contributed by atoms with Crippen molar-refractivity contribution in [2.75, 3.05) is 26.9 Å². The van der Waals surface area contributed by atoms with Gasteiger partial charge in [-0.15, -0.1) is 0 Å². The van der Waals surface area contributed by atoms with E-state index in [0.29, 0.717) is 5.41 Å². The molecule has 0 atom stereocenters. The van der Waals surface area contributed by atoms with Crippen molar-refractivity contribution in [3.63, 3.8) is 0 Å². The van der Waals surface area contributed by atoms with Gasteiger partial charge in [-0.2, -0.15) is 0 Å². The first-order chi connectivity index (χ1) is 5.77. The third-order valence-electron chi connectivity index (χ3n) is 2.83. The second-order valence-electron chi connectivity index (χ2n) is 4.02. The summed E-state index contributed by atoms with van der Waals surface area (Å²) in [7, 11) is 1.77. The molecule has 0 radical (unpaired) electrons. The fraction of sp³-hybridized carbons (Fsp3) is 1.00. The molecule has 72 valence electrons. The van der Waals surface area contributed by atoms with Crippen LogP contribution in [0.4, 0.5) is 0 Å². The van der Waals surface area contributed by atoms with Crippen molar-refractivity contribution in [1.29, 1.82) is 0 Å². The van der Waals surface area contributed by atoms with Crippen molar-refractivity contribution in [3.8, 4) is 0 Å². The largest absolute Gasteiger partial charge is 0.385 e. The molecule has 2 nitrogen and oxygen atoms in total. The first-order valence-electron chi connectivity index (χ1n) is 4.83. The standard InChI is InChI=1S/C10H20O2/c1-10(4-3-7-11-2)5-8-12-9-6-10/h3-9H2,1-2H3. The van der Waals surface area contributed by atoms with E-state index in [2.05, 4.69) is 6.92 Å². The van der Waals surface area contributed by atoms with Gasteiger partial charge < -0.3 is 9.47 Å². The van der Waals surface area contributed by atoms with Gasteiger partial charge in [-0.05, 0) is 31.1 Å². The maximum Gasteiger partial charge on any atom is 0.0471 e. The van der Waals surface area contributed by atoms with Crippen LogP contribution in [0.15, 0.2) is 0 Å². The Bertz CT molecular complexity index is 117. The van der Waals surface area contributed by atoms with Crippen molar-refractivity contribution < 1.29 is 9.47 Å². The van der Waals surface area contributed by atoms with E-state index in [1.54, 1.807) is 7.11 Å². The molecule has 0 aromatic carbocycles. The minimum atomic E-state index is 0.525. The minimum absolute atomic E-state index is 0.525. The van der Waals surface area contributed by atoms with Crippen LogP contribution in [0.25, 0.3) is 0 Å². The second-order valence-corrected chi connectivity index (χ2v) is 4.02. The number of ether oxygens (including phenoxy) is 2. The molecule has 1 fully saturated rings. The molecule has 1 aliphatic rings. The first-order valence-corrected chi connectivity index (χ1v) is 4.83. The van der Waals surface area contributed by atoms with E-state index in [4.69, 9.17) is 9.47 Å². The highest BCUT2D eigenvalue weighted by molar-refractivity contribution is 4.76. The summed E-state index contributed by atoms with van der Waals surface area (Å²) in [6, 6.07) is 0. The van der Waals surface area contributed by atoms with Crippen LogP contribution in [0.3, 0.4) is 0 Å². The van der Waals surface area contributed by atoms with Crippen molar-refractivity contribution in [3.05, 3.63) is 0 Å². The van der Waals surface area contributed by atoms with Crippen molar-refractivity contribution in [2.45, 2.75) is 32.6 Å². The van der Waals surface area contributed by atoms with Gasteiger partial charge >= 0.3 is 0 Å². The Hall–Kier alpha value is -0.0800. The van der Waals surface area contributed by atoms with E-state index in [1.807, 2.05) is 0 Å². The highest BCUT2D eigenvalue weighted by Crippen LogP contribution is 2.34. The smallest absolute Gasteiger partial charge is 0.0471 e. The van der Waals surface area contributed by atoms with Crippen LogP contribution in [0.5, 0.6) is 0 Å². The van der Waals surface area contributed by atoms with Crippen LogP contribution in [-0.4, -0.2) is 26.9 Å². The van der Waals surface area contributed by atoms with Crippen LogP contribution >= 0.6 is 0 Å². The molecule has 1 rings (SSSR count). The van der Waals surface area contributed by atoms with Crippen LogP contribution in [-0.2, 0) is 9.47 Å². The molecule has 0 aromatic heterocycles. The van der Waals surface area contributed by atoms with E-state index in [0.717, 1.165) is 19.8 Å². The summed E-state index contributed by atoms with van der Waals surface area (Å²) in [4.78, 5) is 0. The Labute approximate surface area is 75.2 Å². The van der Waals surface area contributed by atoms with Crippen molar-refractivity contribution in [2.24, 2.45) is 5.41 Å². The normalized spacial score (nSPS) is 22.5. The summed E-state index contributed by atoms with van der Waals surface area (Å²) in [5.41, 5.74) is 0.525. The molecule has 0 amide bonds. The lowest BCUT2D eigenvalue weighted by molar-refractivity contribution is 0.0156. The Balaban J connectivity index is 2.17. The Morgan fingerprint density at radius 3 is 2.58 bits per heavy atom. The van der Waals surface area contributed by atoms with Crippen LogP contribution < -0.4 is 0 Å². The molecule has 2 heteroatoms. The van der Waals surface area contributed by atoms with E-state index >= 15 is 0 Å². The van der Waals surface area contributed by atoms with Gasteiger partial charge in [0.1, 0.15) is 0 Å². The maximum absolute atomic E-state index is 5.34. The lowest BCUT2D eigenvalue weighted by Crippen LogP contribution is -2.26. The summed E-state index contributed by atoms with van der Waals surface area (Å²) in [6.07, 6.45) is 4.91. The summed E-state index contributed by atoms with van der Waals surface area (Å²) in [5.74, 6) is 0. The highest BCUT2D eigenvalue weighted by atomic mass is 16.5. The van der Waals surface area contributed by atoms with Gasteiger partial charge in [0, 0.05) is 26.9 Å². The van der Waals surface area contributed by atoms with Gasteiger partial charge in [-0.25, -0.2) is 0 Å². The lowest BCUT2D eigenvalue weighted by Gasteiger charge is -2.33. The van der Waals surface area contributed by atoms with E-state index in [9.17, 15) is 0 Å². The molecular formula is C10H20O2. The maximum atomic E-state index is 5.34. The molecule has 0 unspecified atom stereocenters. The third kappa shape index (κ3) is 3.11. The fourth-order valence-corrected chi connectivity index (χ4v) is 1.76. The molecule has 1 aliphatic heterocycles. The lowest BCUT2D eigenvalue weighted by atomic mass is 9.78. The van der Waals surface area contributed by atoms with Gasteiger partial charge in [0.25, 0.3) is 0 Å². The van der Waals surface area contributed by atoms with Crippen LogP contribution in [0.2, 0.25) is 0 Å². The number of hydrogen-bond donors (Lipinski definition) is 0. The minimum Gasteiger partial charge on any atom is -0.385 e. The monoisotopic (exact) mass is 172 g/mol. The zero-order valence-corrected chi connectivity index (χ0v) is 8.27. The van der Waals surface area contributed by atoms with Gasteiger partial charge in [0.05, 0.1) is 0 Å². The molecule has 0 spiro atoms. The summed E-state index contributed by atoms with van der Waals surface area (Å²) >= 11 is 0. The Morgan fingerprint density at radius 1 is 1.33 bits per heavy atom. The Morgan fingerprint density at radius 2 is 2.00 bits per heavy atom. The number of methoxy groups -OCH3 is 1.